The Morgan fingerprint density at radius 2 is 1.66 bits per heavy atom. The molecule has 160 valence electrons. The van der Waals surface area contributed by atoms with Crippen LogP contribution in [0, 0.1) is 11.3 Å². The molecule has 32 heavy (non-hydrogen) atoms. The lowest BCUT2D eigenvalue weighted by atomic mass is 10.0. The first kappa shape index (κ1) is 20.8. The van der Waals surface area contributed by atoms with Crippen molar-refractivity contribution in [2.24, 2.45) is 0 Å². The molecule has 1 saturated heterocycles. The van der Waals surface area contributed by atoms with E-state index in [4.69, 9.17) is 11.6 Å². The third-order valence-electron chi connectivity index (χ3n) is 6.34. The molecule has 0 atom stereocenters. The highest BCUT2D eigenvalue weighted by molar-refractivity contribution is 6.30. The van der Waals surface area contributed by atoms with Gasteiger partial charge in [-0.15, -0.1) is 0 Å². The molecule has 1 aliphatic heterocycles. The predicted molar refractivity (Wildman–Crippen MR) is 131 cm³/mol. The maximum atomic E-state index is 9.47. The van der Waals surface area contributed by atoms with Crippen molar-refractivity contribution in [2.75, 3.05) is 19.6 Å². The average molecular weight is 441 g/mol. The van der Waals surface area contributed by atoms with Crippen molar-refractivity contribution in [3.8, 4) is 28.3 Å². The summed E-state index contributed by atoms with van der Waals surface area (Å²) in [5, 5.41) is 11.3. The van der Waals surface area contributed by atoms with Crippen LogP contribution in [-0.4, -0.2) is 34.1 Å². The van der Waals surface area contributed by atoms with E-state index in [0.29, 0.717) is 5.56 Å². The van der Waals surface area contributed by atoms with Gasteiger partial charge in [-0.3, -0.25) is 4.98 Å². The van der Waals surface area contributed by atoms with Crippen LogP contribution >= 0.6 is 11.6 Å². The Labute approximate surface area is 193 Å². The van der Waals surface area contributed by atoms with Gasteiger partial charge in [0.1, 0.15) is 0 Å². The topological polar surface area (TPSA) is 44.9 Å². The standard InChI is InChI=1S/C27H25ClN4/c28-24-7-5-21(6-8-24)22-15-23(18-30-17-22)26-19-32(13-12-31-10-2-1-3-11-31)27-9-4-20(16-29)14-25(26)27/h4-9,14-15,17-19H,1-3,10-13H2. The smallest absolute Gasteiger partial charge is 0.0991 e. The van der Waals surface area contributed by atoms with Crippen LogP contribution in [0.15, 0.2) is 67.1 Å². The summed E-state index contributed by atoms with van der Waals surface area (Å²) in [5.74, 6) is 0. The summed E-state index contributed by atoms with van der Waals surface area (Å²) in [6.07, 6.45) is 9.95. The van der Waals surface area contributed by atoms with Gasteiger partial charge in [-0.1, -0.05) is 30.2 Å². The Bertz CT molecular complexity index is 1280. The fourth-order valence-electron chi connectivity index (χ4n) is 4.60. The van der Waals surface area contributed by atoms with Crippen LogP contribution in [0.4, 0.5) is 0 Å². The molecule has 2 aromatic heterocycles. The van der Waals surface area contributed by atoms with Crippen molar-refractivity contribution < 1.29 is 0 Å². The van der Waals surface area contributed by atoms with Crippen LogP contribution in [0.5, 0.6) is 0 Å². The number of pyridine rings is 1. The summed E-state index contributed by atoms with van der Waals surface area (Å²) in [6, 6.07) is 18.3. The largest absolute Gasteiger partial charge is 0.346 e. The molecule has 0 bridgehead atoms. The fourth-order valence-corrected chi connectivity index (χ4v) is 4.73. The third-order valence-corrected chi connectivity index (χ3v) is 6.59. The van der Waals surface area contributed by atoms with Gasteiger partial charge >= 0.3 is 0 Å². The molecule has 0 amide bonds. The minimum Gasteiger partial charge on any atom is -0.346 e. The number of rotatable bonds is 5. The van der Waals surface area contributed by atoms with Gasteiger partial charge in [0.05, 0.1) is 11.6 Å². The summed E-state index contributed by atoms with van der Waals surface area (Å²) in [7, 11) is 0. The van der Waals surface area contributed by atoms with Gasteiger partial charge in [-0.25, -0.2) is 0 Å². The Balaban J connectivity index is 1.53. The van der Waals surface area contributed by atoms with Crippen LogP contribution < -0.4 is 0 Å². The number of benzene rings is 2. The number of hydrogen-bond acceptors (Lipinski definition) is 3. The van der Waals surface area contributed by atoms with Gasteiger partial charge < -0.3 is 9.47 Å². The number of nitriles is 1. The van der Waals surface area contributed by atoms with Crippen molar-refractivity contribution in [2.45, 2.75) is 25.8 Å². The van der Waals surface area contributed by atoms with E-state index >= 15 is 0 Å². The van der Waals surface area contributed by atoms with Crippen LogP contribution in [0.25, 0.3) is 33.2 Å². The van der Waals surface area contributed by atoms with E-state index in [2.05, 4.69) is 38.8 Å². The molecule has 1 fully saturated rings. The Morgan fingerprint density at radius 3 is 2.44 bits per heavy atom. The quantitative estimate of drug-likeness (QED) is 0.361. The van der Waals surface area contributed by atoms with Crippen molar-refractivity contribution in [3.63, 3.8) is 0 Å². The van der Waals surface area contributed by atoms with E-state index < -0.39 is 0 Å². The zero-order valence-corrected chi connectivity index (χ0v) is 18.7. The average Bonchev–Trinajstić information content (AvgIpc) is 3.22. The summed E-state index contributed by atoms with van der Waals surface area (Å²) in [4.78, 5) is 7.08. The first-order chi connectivity index (χ1) is 15.7. The minimum atomic E-state index is 0.675. The normalized spacial score (nSPS) is 14.5. The lowest BCUT2D eigenvalue weighted by Gasteiger charge is -2.26. The molecule has 5 rings (SSSR count). The van der Waals surface area contributed by atoms with E-state index in [0.717, 1.165) is 51.3 Å². The van der Waals surface area contributed by atoms with E-state index in [1.165, 1.54) is 32.4 Å². The number of aromatic nitrogens is 2. The van der Waals surface area contributed by atoms with Crippen molar-refractivity contribution >= 4 is 22.5 Å². The highest BCUT2D eigenvalue weighted by Crippen LogP contribution is 2.33. The zero-order valence-electron chi connectivity index (χ0n) is 18.0. The van der Waals surface area contributed by atoms with E-state index in [1.807, 2.05) is 48.8 Å². The molecular formula is C27H25ClN4. The van der Waals surface area contributed by atoms with Crippen LogP contribution in [0.3, 0.4) is 0 Å². The number of likely N-dealkylation sites (tertiary alicyclic amines) is 1. The number of piperidine rings is 1. The predicted octanol–water partition coefficient (Wildman–Crippen LogP) is 6.38. The van der Waals surface area contributed by atoms with Crippen LogP contribution in [0.1, 0.15) is 24.8 Å². The first-order valence-electron chi connectivity index (χ1n) is 11.2. The summed E-state index contributed by atoms with van der Waals surface area (Å²) in [5.41, 5.74) is 6.12. The van der Waals surface area contributed by atoms with Crippen LogP contribution in [-0.2, 0) is 6.54 Å². The molecule has 2 aromatic carbocycles. The summed E-state index contributed by atoms with van der Waals surface area (Å²) >= 11 is 6.06. The second-order valence-corrected chi connectivity index (χ2v) is 8.89. The second kappa shape index (κ2) is 9.16. The third kappa shape index (κ3) is 4.27. The Kier molecular flexibility index (Phi) is 5.94. The molecule has 4 nitrogen and oxygen atoms in total. The van der Waals surface area contributed by atoms with Crippen molar-refractivity contribution in [1.82, 2.24) is 14.5 Å². The molecule has 4 aromatic rings. The molecule has 3 heterocycles. The van der Waals surface area contributed by atoms with E-state index in [1.54, 1.807) is 0 Å². The molecule has 5 heteroatoms. The van der Waals surface area contributed by atoms with Crippen molar-refractivity contribution in [3.05, 3.63) is 77.7 Å². The van der Waals surface area contributed by atoms with E-state index in [-0.39, 0.29) is 0 Å². The number of fused-ring (bicyclic) bond motifs is 1. The fraction of sp³-hybridized carbons (Fsp3) is 0.259. The zero-order chi connectivity index (χ0) is 21.9. The van der Waals surface area contributed by atoms with Crippen LogP contribution in [0.2, 0.25) is 5.02 Å². The van der Waals surface area contributed by atoms with Gasteiger partial charge in [0.25, 0.3) is 0 Å². The lowest BCUT2D eigenvalue weighted by Crippen LogP contribution is -2.32. The second-order valence-electron chi connectivity index (χ2n) is 8.45. The lowest BCUT2D eigenvalue weighted by molar-refractivity contribution is 0.222. The van der Waals surface area contributed by atoms with Gasteiger partial charge in [0, 0.05) is 64.3 Å². The molecule has 0 aliphatic carbocycles. The summed E-state index contributed by atoms with van der Waals surface area (Å²) in [6.45, 7) is 4.37. The molecule has 1 aliphatic rings. The Morgan fingerprint density at radius 1 is 0.875 bits per heavy atom. The van der Waals surface area contributed by atoms with Gasteiger partial charge in [0.2, 0.25) is 0 Å². The molecule has 0 unspecified atom stereocenters. The Hall–Kier alpha value is -3.13. The summed E-state index contributed by atoms with van der Waals surface area (Å²) < 4.78 is 2.33. The van der Waals surface area contributed by atoms with Gasteiger partial charge in [-0.05, 0) is 67.9 Å². The SMILES string of the molecule is N#Cc1ccc2c(c1)c(-c1cncc(-c3ccc(Cl)cc3)c1)cn2CCN1CCCCC1. The monoisotopic (exact) mass is 440 g/mol. The highest BCUT2D eigenvalue weighted by atomic mass is 35.5. The van der Waals surface area contributed by atoms with Crippen molar-refractivity contribution in [1.29, 1.82) is 5.26 Å². The maximum absolute atomic E-state index is 9.47. The molecule has 0 radical (unpaired) electrons. The molecule has 0 spiro atoms. The first-order valence-corrected chi connectivity index (χ1v) is 11.6. The minimum absolute atomic E-state index is 0.675. The van der Waals surface area contributed by atoms with E-state index in [9.17, 15) is 5.26 Å². The van der Waals surface area contributed by atoms with Gasteiger partial charge in [-0.2, -0.15) is 5.26 Å². The highest BCUT2D eigenvalue weighted by Gasteiger charge is 2.15. The number of nitrogens with zero attached hydrogens (tertiary/aromatic N) is 4. The molecular weight excluding hydrogens is 416 g/mol. The number of hydrogen-bond donors (Lipinski definition) is 0. The molecule has 0 saturated carbocycles. The molecule has 0 N–H and O–H groups in total. The number of halogens is 1. The maximum Gasteiger partial charge on any atom is 0.0991 e. The van der Waals surface area contributed by atoms with Gasteiger partial charge in [0.15, 0.2) is 0 Å².